The molecule has 1 aromatic carbocycles. The molecule has 0 saturated carbocycles. The topological polar surface area (TPSA) is 39.1 Å². The molecule has 2 heterocycles. The fourth-order valence-electron chi connectivity index (χ4n) is 3.34. The van der Waals surface area contributed by atoms with Crippen LogP contribution in [0.5, 0.6) is 0 Å². The molecule has 0 amide bonds. The van der Waals surface area contributed by atoms with Crippen LogP contribution in [-0.4, -0.2) is 30.1 Å². The minimum atomic E-state index is -0.229. The fourth-order valence-corrected chi connectivity index (χ4v) is 3.34. The number of nitrogens with zero attached hydrogens (tertiary/aromatic N) is 2. The molecular formula is C15H18FN3. The van der Waals surface area contributed by atoms with Crippen LogP contribution in [0.1, 0.15) is 30.4 Å². The van der Waals surface area contributed by atoms with Gasteiger partial charge in [-0.15, -0.1) is 0 Å². The molecule has 3 nitrogen and oxygen atoms in total. The predicted octanol–water partition coefficient (Wildman–Crippen LogP) is 2.02. The molecule has 100 valence electrons. The molecular weight excluding hydrogens is 241 g/mol. The molecule has 1 N–H and O–H groups in total. The van der Waals surface area contributed by atoms with Gasteiger partial charge in [0.25, 0.3) is 0 Å². The third kappa shape index (κ3) is 2.49. The van der Waals surface area contributed by atoms with Crippen molar-refractivity contribution in [3.05, 3.63) is 35.1 Å². The molecule has 2 fully saturated rings. The second-order valence-electron chi connectivity index (χ2n) is 5.44. The van der Waals surface area contributed by atoms with Gasteiger partial charge in [0.05, 0.1) is 11.6 Å². The van der Waals surface area contributed by atoms with Gasteiger partial charge in [0, 0.05) is 30.7 Å². The van der Waals surface area contributed by atoms with Gasteiger partial charge >= 0.3 is 0 Å². The third-order valence-corrected chi connectivity index (χ3v) is 4.34. The Morgan fingerprint density at radius 2 is 2.26 bits per heavy atom. The maximum atomic E-state index is 13.7. The highest BCUT2D eigenvalue weighted by atomic mass is 19.1. The molecule has 0 bridgehead atoms. The highest BCUT2D eigenvalue weighted by molar-refractivity contribution is 5.33. The van der Waals surface area contributed by atoms with Gasteiger partial charge in [-0.1, -0.05) is 0 Å². The summed E-state index contributed by atoms with van der Waals surface area (Å²) in [6.07, 6.45) is 3.67. The van der Waals surface area contributed by atoms with Crippen LogP contribution >= 0.6 is 0 Å². The Kier molecular flexibility index (Phi) is 3.50. The Morgan fingerprint density at radius 3 is 3.11 bits per heavy atom. The summed E-state index contributed by atoms with van der Waals surface area (Å²) in [5, 5.41) is 12.3. The average molecular weight is 259 g/mol. The van der Waals surface area contributed by atoms with Crippen molar-refractivity contribution in [1.82, 2.24) is 10.2 Å². The Bertz CT molecular complexity index is 509. The van der Waals surface area contributed by atoms with Crippen molar-refractivity contribution in [3.8, 4) is 6.07 Å². The molecule has 0 aromatic heterocycles. The molecule has 3 rings (SSSR count). The van der Waals surface area contributed by atoms with E-state index in [1.54, 1.807) is 6.07 Å². The summed E-state index contributed by atoms with van der Waals surface area (Å²) in [6.45, 7) is 2.88. The quantitative estimate of drug-likeness (QED) is 0.902. The summed E-state index contributed by atoms with van der Waals surface area (Å²) in [6, 6.07) is 7.69. The maximum Gasteiger partial charge on any atom is 0.127 e. The summed E-state index contributed by atoms with van der Waals surface area (Å²) in [7, 11) is 0. The van der Waals surface area contributed by atoms with Gasteiger partial charge in [0.15, 0.2) is 0 Å². The maximum absolute atomic E-state index is 13.7. The summed E-state index contributed by atoms with van der Waals surface area (Å²) < 4.78 is 13.7. The van der Waals surface area contributed by atoms with E-state index >= 15 is 0 Å². The van der Waals surface area contributed by atoms with Gasteiger partial charge < -0.3 is 5.32 Å². The van der Waals surface area contributed by atoms with E-state index in [1.165, 1.54) is 31.5 Å². The van der Waals surface area contributed by atoms with Crippen LogP contribution in [0.2, 0.25) is 0 Å². The Hall–Kier alpha value is -1.44. The van der Waals surface area contributed by atoms with Crippen LogP contribution in [0, 0.1) is 17.1 Å². The zero-order valence-corrected chi connectivity index (χ0v) is 10.9. The lowest BCUT2D eigenvalue weighted by atomic mass is 10.1. The Labute approximate surface area is 113 Å². The molecule has 0 radical (unpaired) electrons. The number of benzene rings is 1. The monoisotopic (exact) mass is 259 g/mol. The van der Waals surface area contributed by atoms with E-state index in [-0.39, 0.29) is 5.82 Å². The number of nitriles is 1. The van der Waals surface area contributed by atoms with Gasteiger partial charge in [0.1, 0.15) is 5.82 Å². The largest absolute Gasteiger partial charge is 0.308 e. The van der Waals surface area contributed by atoms with E-state index in [2.05, 4.69) is 16.3 Å². The minimum absolute atomic E-state index is 0.229. The molecule has 2 aliphatic heterocycles. The first kappa shape index (κ1) is 12.6. The molecule has 19 heavy (non-hydrogen) atoms. The van der Waals surface area contributed by atoms with Crippen LogP contribution < -0.4 is 5.32 Å². The van der Waals surface area contributed by atoms with Gasteiger partial charge in [-0.05, 0) is 44.0 Å². The molecule has 0 spiro atoms. The van der Waals surface area contributed by atoms with E-state index in [1.807, 2.05) is 0 Å². The molecule has 2 saturated heterocycles. The van der Waals surface area contributed by atoms with E-state index in [0.717, 1.165) is 13.0 Å². The van der Waals surface area contributed by atoms with Crippen LogP contribution in [0.25, 0.3) is 0 Å². The van der Waals surface area contributed by atoms with Gasteiger partial charge in [0.2, 0.25) is 0 Å². The summed E-state index contributed by atoms with van der Waals surface area (Å²) >= 11 is 0. The van der Waals surface area contributed by atoms with Crippen LogP contribution in [0.15, 0.2) is 18.2 Å². The van der Waals surface area contributed by atoms with E-state index in [4.69, 9.17) is 5.26 Å². The van der Waals surface area contributed by atoms with Crippen molar-refractivity contribution in [2.45, 2.75) is 37.9 Å². The first-order valence-corrected chi connectivity index (χ1v) is 6.94. The second-order valence-corrected chi connectivity index (χ2v) is 5.44. The summed E-state index contributed by atoms with van der Waals surface area (Å²) in [4.78, 5) is 2.53. The lowest BCUT2D eigenvalue weighted by Crippen LogP contribution is -2.38. The van der Waals surface area contributed by atoms with Crippen molar-refractivity contribution in [1.29, 1.82) is 5.26 Å². The molecule has 2 atom stereocenters. The number of fused-ring (bicyclic) bond motifs is 1. The molecule has 4 heteroatoms. The first-order chi connectivity index (χ1) is 9.28. The van der Waals surface area contributed by atoms with E-state index in [9.17, 15) is 4.39 Å². The van der Waals surface area contributed by atoms with Gasteiger partial charge in [-0.25, -0.2) is 4.39 Å². The molecule has 2 unspecified atom stereocenters. The lowest BCUT2D eigenvalue weighted by Gasteiger charge is -2.21. The van der Waals surface area contributed by atoms with E-state index < -0.39 is 0 Å². The van der Waals surface area contributed by atoms with Crippen molar-refractivity contribution < 1.29 is 4.39 Å². The molecule has 1 aromatic rings. The zero-order valence-electron chi connectivity index (χ0n) is 10.9. The SMILES string of the molecule is N#Cc1ccc(F)c(CNC2CCN3CCCC23)c1. The number of rotatable bonds is 3. The van der Waals surface area contributed by atoms with Crippen molar-refractivity contribution in [2.24, 2.45) is 0 Å². The highest BCUT2D eigenvalue weighted by Crippen LogP contribution is 2.28. The van der Waals surface area contributed by atoms with Crippen molar-refractivity contribution in [3.63, 3.8) is 0 Å². The molecule has 2 aliphatic rings. The first-order valence-electron chi connectivity index (χ1n) is 6.94. The van der Waals surface area contributed by atoms with Crippen LogP contribution in [0.3, 0.4) is 0 Å². The summed E-state index contributed by atoms with van der Waals surface area (Å²) in [5.74, 6) is -0.229. The van der Waals surface area contributed by atoms with E-state index in [0.29, 0.717) is 29.8 Å². The number of hydrogen-bond donors (Lipinski definition) is 1. The predicted molar refractivity (Wildman–Crippen MR) is 71.0 cm³/mol. The van der Waals surface area contributed by atoms with Gasteiger partial charge in [-0.2, -0.15) is 5.26 Å². The fraction of sp³-hybridized carbons (Fsp3) is 0.533. The number of hydrogen-bond acceptors (Lipinski definition) is 3. The lowest BCUT2D eigenvalue weighted by molar-refractivity contribution is 0.298. The minimum Gasteiger partial charge on any atom is -0.308 e. The van der Waals surface area contributed by atoms with Crippen molar-refractivity contribution >= 4 is 0 Å². The average Bonchev–Trinajstić information content (AvgIpc) is 3.01. The summed E-state index contributed by atoms with van der Waals surface area (Å²) in [5.41, 5.74) is 1.11. The zero-order chi connectivity index (χ0) is 13.2. The Balaban J connectivity index is 1.65. The van der Waals surface area contributed by atoms with Crippen LogP contribution in [-0.2, 0) is 6.54 Å². The normalized spacial score (nSPS) is 26.3. The van der Waals surface area contributed by atoms with Crippen molar-refractivity contribution in [2.75, 3.05) is 13.1 Å². The third-order valence-electron chi connectivity index (χ3n) is 4.34. The van der Waals surface area contributed by atoms with Crippen LogP contribution in [0.4, 0.5) is 4.39 Å². The Morgan fingerprint density at radius 1 is 1.37 bits per heavy atom. The standard InChI is InChI=1S/C15H18FN3/c16-13-4-3-11(9-17)8-12(13)10-18-14-5-7-19-6-1-2-15(14)19/h3-4,8,14-15,18H,1-2,5-7,10H2. The smallest absolute Gasteiger partial charge is 0.127 e. The molecule has 0 aliphatic carbocycles. The number of nitrogens with one attached hydrogen (secondary N) is 1. The van der Waals surface area contributed by atoms with Gasteiger partial charge in [-0.3, -0.25) is 4.90 Å². The second kappa shape index (κ2) is 5.28. The highest BCUT2D eigenvalue weighted by Gasteiger charge is 2.36. The number of halogens is 1.